The van der Waals surface area contributed by atoms with Crippen LogP contribution in [0.25, 0.3) is 0 Å². The number of rotatable bonds is 2. The zero-order valence-corrected chi connectivity index (χ0v) is 8.37. The maximum absolute atomic E-state index is 12.8. The molecule has 80 valence electrons. The van der Waals surface area contributed by atoms with Crippen LogP contribution in [0.2, 0.25) is 0 Å². The molecule has 1 aromatic carbocycles. The summed E-state index contributed by atoms with van der Waals surface area (Å²) in [6.07, 6.45) is 1.97. The van der Waals surface area contributed by atoms with Crippen molar-refractivity contribution in [2.24, 2.45) is 0 Å². The molecule has 0 radical (unpaired) electrons. The molecule has 1 aromatic rings. The SMILES string of the molecule is O=C(Nc1cccc(F)c1)[C@@H]1CCC[NH2+]1. The van der Waals surface area contributed by atoms with Gasteiger partial charge >= 0.3 is 0 Å². The molecule has 0 aliphatic carbocycles. The highest BCUT2D eigenvalue weighted by Crippen LogP contribution is 2.10. The summed E-state index contributed by atoms with van der Waals surface area (Å²) in [4.78, 5) is 11.7. The number of benzene rings is 1. The van der Waals surface area contributed by atoms with Crippen molar-refractivity contribution in [3.8, 4) is 0 Å². The van der Waals surface area contributed by atoms with Gasteiger partial charge in [0.15, 0.2) is 6.04 Å². The fourth-order valence-corrected chi connectivity index (χ4v) is 1.81. The van der Waals surface area contributed by atoms with Crippen molar-refractivity contribution in [2.45, 2.75) is 18.9 Å². The van der Waals surface area contributed by atoms with E-state index in [0.29, 0.717) is 5.69 Å². The van der Waals surface area contributed by atoms with Gasteiger partial charge in [-0.3, -0.25) is 4.79 Å². The molecule has 2 rings (SSSR count). The third-order valence-electron chi connectivity index (χ3n) is 2.60. The Labute approximate surface area is 87.7 Å². The van der Waals surface area contributed by atoms with E-state index in [1.165, 1.54) is 12.1 Å². The second kappa shape index (κ2) is 4.40. The number of anilines is 1. The first kappa shape index (κ1) is 10.1. The van der Waals surface area contributed by atoms with Crippen LogP contribution in [-0.2, 0) is 4.79 Å². The average molecular weight is 209 g/mol. The second-order valence-corrected chi connectivity index (χ2v) is 3.77. The first-order chi connectivity index (χ1) is 7.25. The standard InChI is InChI=1S/C11H13FN2O/c12-8-3-1-4-9(7-8)14-11(15)10-5-2-6-13-10/h1,3-4,7,10,13H,2,5-6H2,(H,14,15)/p+1/t10-/m0/s1. The lowest BCUT2D eigenvalue weighted by Gasteiger charge is -2.08. The Kier molecular flexibility index (Phi) is 2.97. The van der Waals surface area contributed by atoms with Gasteiger partial charge in [-0.1, -0.05) is 6.07 Å². The van der Waals surface area contributed by atoms with Gasteiger partial charge in [0.2, 0.25) is 0 Å². The highest BCUT2D eigenvalue weighted by atomic mass is 19.1. The molecule has 0 spiro atoms. The number of nitrogens with two attached hydrogens (primary N) is 1. The maximum atomic E-state index is 12.8. The molecule has 1 heterocycles. The van der Waals surface area contributed by atoms with Gasteiger partial charge in [0, 0.05) is 18.5 Å². The summed E-state index contributed by atoms with van der Waals surface area (Å²) in [5.74, 6) is -0.360. The van der Waals surface area contributed by atoms with E-state index < -0.39 is 0 Å². The number of quaternary nitrogens is 1. The summed E-state index contributed by atoms with van der Waals surface area (Å²) < 4.78 is 12.8. The van der Waals surface area contributed by atoms with Crippen LogP contribution >= 0.6 is 0 Å². The van der Waals surface area contributed by atoms with E-state index in [0.717, 1.165) is 19.4 Å². The minimum atomic E-state index is -0.330. The Hall–Kier alpha value is -1.42. The third-order valence-corrected chi connectivity index (χ3v) is 2.60. The Balaban J connectivity index is 1.99. The van der Waals surface area contributed by atoms with Crippen molar-refractivity contribution in [3.63, 3.8) is 0 Å². The summed E-state index contributed by atoms with van der Waals surface area (Å²) in [5, 5.41) is 4.74. The second-order valence-electron chi connectivity index (χ2n) is 3.77. The molecule has 1 aliphatic rings. The van der Waals surface area contributed by atoms with E-state index in [1.807, 2.05) is 5.32 Å². The number of hydrogen-bond donors (Lipinski definition) is 2. The van der Waals surface area contributed by atoms with Crippen LogP contribution < -0.4 is 10.6 Å². The normalized spacial score (nSPS) is 20.2. The molecule has 0 bridgehead atoms. The number of halogens is 1. The van der Waals surface area contributed by atoms with E-state index in [-0.39, 0.29) is 17.8 Å². The number of carbonyl (C=O) groups excluding carboxylic acids is 1. The first-order valence-corrected chi connectivity index (χ1v) is 5.15. The topological polar surface area (TPSA) is 45.7 Å². The summed E-state index contributed by atoms with van der Waals surface area (Å²) >= 11 is 0. The summed E-state index contributed by atoms with van der Waals surface area (Å²) in [6.45, 7) is 1.00. The number of nitrogens with one attached hydrogen (secondary N) is 1. The zero-order chi connectivity index (χ0) is 10.7. The van der Waals surface area contributed by atoms with Gasteiger partial charge in [-0.2, -0.15) is 0 Å². The van der Waals surface area contributed by atoms with Gasteiger partial charge in [-0.05, 0) is 18.2 Å². The van der Waals surface area contributed by atoms with Gasteiger partial charge in [0.1, 0.15) is 5.82 Å². The molecule has 3 N–H and O–H groups in total. The lowest BCUT2D eigenvalue weighted by molar-refractivity contribution is -0.656. The average Bonchev–Trinajstić information content (AvgIpc) is 2.70. The van der Waals surface area contributed by atoms with Crippen molar-refractivity contribution in [3.05, 3.63) is 30.1 Å². The maximum Gasteiger partial charge on any atom is 0.282 e. The Morgan fingerprint density at radius 3 is 3.07 bits per heavy atom. The monoisotopic (exact) mass is 209 g/mol. The Morgan fingerprint density at radius 1 is 1.53 bits per heavy atom. The first-order valence-electron chi connectivity index (χ1n) is 5.15. The number of carbonyl (C=O) groups is 1. The predicted molar refractivity (Wildman–Crippen MR) is 54.8 cm³/mol. The van der Waals surface area contributed by atoms with Gasteiger partial charge in [0.05, 0.1) is 6.54 Å². The summed E-state index contributed by atoms with van der Waals surface area (Å²) in [5.41, 5.74) is 0.528. The van der Waals surface area contributed by atoms with Gasteiger partial charge in [-0.25, -0.2) is 4.39 Å². The zero-order valence-electron chi connectivity index (χ0n) is 8.37. The van der Waals surface area contributed by atoms with E-state index in [2.05, 4.69) is 5.32 Å². The van der Waals surface area contributed by atoms with Crippen LogP contribution in [0.4, 0.5) is 10.1 Å². The van der Waals surface area contributed by atoms with Crippen LogP contribution in [-0.4, -0.2) is 18.5 Å². The molecule has 0 saturated carbocycles. The summed E-state index contributed by atoms with van der Waals surface area (Å²) in [7, 11) is 0. The van der Waals surface area contributed by atoms with Crippen LogP contribution in [0.1, 0.15) is 12.8 Å². The summed E-state index contributed by atoms with van der Waals surface area (Å²) in [6, 6.07) is 5.96. The van der Waals surface area contributed by atoms with Gasteiger partial charge in [-0.15, -0.1) is 0 Å². The smallest absolute Gasteiger partial charge is 0.282 e. The third kappa shape index (κ3) is 2.53. The molecule has 3 nitrogen and oxygen atoms in total. The lowest BCUT2D eigenvalue weighted by atomic mass is 10.2. The molecule has 4 heteroatoms. The molecule has 1 saturated heterocycles. The quantitative estimate of drug-likeness (QED) is 0.731. The van der Waals surface area contributed by atoms with Gasteiger partial charge < -0.3 is 10.6 Å². The molecule has 15 heavy (non-hydrogen) atoms. The van der Waals surface area contributed by atoms with Crippen LogP contribution in [0.15, 0.2) is 24.3 Å². The van der Waals surface area contributed by atoms with Crippen LogP contribution in [0.5, 0.6) is 0 Å². The predicted octanol–water partition coefficient (Wildman–Crippen LogP) is 0.490. The molecule has 1 atom stereocenters. The molecule has 1 fully saturated rings. The minimum Gasteiger partial charge on any atom is -0.336 e. The van der Waals surface area contributed by atoms with Crippen molar-refractivity contribution in [2.75, 3.05) is 11.9 Å². The van der Waals surface area contributed by atoms with E-state index >= 15 is 0 Å². The highest BCUT2D eigenvalue weighted by Gasteiger charge is 2.25. The van der Waals surface area contributed by atoms with Crippen LogP contribution in [0.3, 0.4) is 0 Å². The van der Waals surface area contributed by atoms with Gasteiger partial charge in [0.25, 0.3) is 5.91 Å². The molecule has 1 aliphatic heterocycles. The Bertz CT molecular complexity index is 361. The van der Waals surface area contributed by atoms with Crippen molar-refractivity contribution >= 4 is 11.6 Å². The van der Waals surface area contributed by atoms with Crippen LogP contribution in [0, 0.1) is 5.82 Å². The molecule has 0 unspecified atom stereocenters. The molecule has 1 amide bonds. The van der Waals surface area contributed by atoms with Crippen molar-refractivity contribution in [1.29, 1.82) is 0 Å². The van der Waals surface area contributed by atoms with Crippen molar-refractivity contribution < 1.29 is 14.5 Å². The largest absolute Gasteiger partial charge is 0.336 e. The Morgan fingerprint density at radius 2 is 2.40 bits per heavy atom. The highest BCUT2D eigenvalue weighted by molar-refractivity contribution is 5.93. The van der Waals surface area contributed by atoms with Crippen molar-refractivity contribution in [1.82, 2.24) is 0 Å². The number of amides is 1. The fourth-order valence-electron chi connectivity index (χ4n) is 1.81. The molecular formula is C11H14FN2O+. The van der Waals surface area contributed by atoms with E-state index in [4.69, 9.17) is 0 Å². The lowest BCUT2D eigenvalue weighted by Crippen LogP contribution is -2.88. The molecular weight excluding hydrogens is 195 g/mol. The minimum absolute atomic E-state index is 0.00623. The van der Waals surface area contributed by atoms with E-state index in [1.54, 1.807) is 12.1 Å². The van der Waals surface area contributed by atoms with E-state index in [9.17, 15) is 9.18 Å². The molecule has 0 aromatic heterocycles. The fraction of sp³-hybridized carbons (Fsp3) is 0.364. The number of hydrogen-bond acceptors (Lipinski definition) is 1.